The summed E-state index contributed by atoms with van der Waals surface area (Å²) in [6.45, 7) is 0.942. The molecule has 0 unspecified atom stereocenters. The molecule has 100 valence electrons. The first-order valence-corrected chi connectivity index (χ1v) is 7.45. The minimum atomic E-state index is -3.35. The van der Waals surface area contributed by atoms with Crippen molar-refractivity contribution in [2.45, 2.75) is 24.7 Å². The fourth-order valence-electron chi connectivity index (χ4n) is 1.91. The third-order valence-electron chi connectivity index (χ3n) is 3.00. The van der Waals surface area contributed by atoms with Crippen molar-refractivity contribution in [2.24, 2.45) is 0 Å². The van der Waals surface area contributed by atoms with E-state index in [1.807, 2.05) is 0 Å². The Hall–Kier alpha value is -1.11. The Bertz CT molecular complexity index is 477. The van der Waals surface area contributed by atoms with Gasteiger partial charge in [0.25, 0.3) is 0 Å². The fourth-order valence-corrected chi connectivity index (χ4v) is 3.36. The third-order valence-corrected chi connectivity index (χ3v) is 4.87. The lowest BCUT2D eigenvalue weighted by molar-refractivity contribution is 0.0984. The summed E-state index contributed by atoms with van der Waals surface area (Å²) in [6.07, 6.45) is 1.06. The maximum Gasteiger partial charge on any atom is 0.235 e. The lowest BCUT2D eigenvalue weighted by atomic mass is 10.2. The topological polar surface area (TPSA) is 75.6 Å². The number of ether oxygens (including phenoxy) is 1. The molecule has 0 radical (unpaired) electrons. The third kappa shape index (κ3) is 3.22. The Morgan fingerprint density at radius 1 is 1.22 bits per heavy atom. The molecule has 1 aromatic rings. The Labute approximate surface area is 107 Å². The zero-order valence-corrected chi connectivity index (χ0v) is 10.8. The molecule has 0 aromatic heterocycles. The van der Waals surface area contributed by atoms with E-state index in [-0.39, 0.29) is 11.9 Å². The van der Waals surface area contributed by atoms with Gasteiger partial charge in [-0.25, -0.2) is 8.42 Å². The summed E-state index contributed by atoms with van der Waals surface area (Å²) in [5.41, 5.74) is 1.28. The summed E-state index contributed by atoms with van der Waals surface area (Å²) in [7, 11) is -3.35. The molecule has 6 heteroatoms. The minimum Gasteiger partial charge on any atom is -0.392 e. The molecule has 1 aromatic carbocycles. The normalized spacial score (nSPS) is 17.6. The highest BCUT2D eigenvalue weighted by atomic mass is 32.2. The molecule has 0 atom stereocenters. The Balaban J connectivity index is 2.06. The van der Waals surface area contributed by atoms with E-state index in [9.17, 15) is 8.42 Å². The SMILES string of the molecule is O=S(=O)(Nc1ccc(CO)cc1)C1CCOCC1. The molecule has 0 amide bonds. The van der Waals surface area contributed by atoms with Gasteiger partial charge in [-0.3, -0.25) is 4.72 Å². The van der Waals surface area contributed by atoms with Crippen LogP contribution in [0.4, 0.5) is 5.69 Å². The summed E-state index contributed by atoms with van der Waals surface area (Å²) >= 11 is 0. The van der Waals surface area contributed by atoms with E-state index in [0.717, 1.165) is 5.56 Å². The number of hydrogen-bond acceptors (Lipinski definition) is 4. The molecule has 1 aliphatic rings. The molecule has 1 aliphatic heterocycles. The average Bonchev–Trinajstić information content (AvgIpc) is 2.40. The number of rotatable bonds is 4. The first-order chi connectivity index (χ1) is 8.62. The second-order valence-electron chi connectivity index (χ2n) is 4.31. The number of aliphatic hydroxyl groups excluding tert-OH is 1. The highest BCUT2D eigenvalue weighted by Gasteiger charge is 2.27. The van der Waals surface area contributed by atoms with Crippen molar-refractivity contribution in [1.29, 1.82) is 0 Å². The summed E-state index contributed by atoms with van der Waals surface area (Å²) in [5.74, 6) is 0. The summed E-state index contributed by atoms with van der Waals surface area (Å²) in [6, 6.07) is 6.70. The van der Waals surface area contributed by atoms with Gasteiger partial charge in [-0.1, -0.05) is 12.1 Å². The Morgan fingerprint density at radius 3 is 2.39 bits per heavy atom. The molecule has 0 bridgehead atoms. The molecule has 1 heterocycles. The van der Waals surface area contributed by atoms with Crippen molar-refractivity contribution in [3.05, 3.63) is 29.8 Å². The summed E-state index contributed by atoms with van der Waals surface area (Å²) in [5, 5.41) is 8.53. The summed E-state index contributed by atoms with van der Waals surface area (Å²) < 4.78 is 31.9. The van der Waals surface area contributed by atoms with Gasteiger partial charge in [0.15, 0.2) is 0 Å². The molecule has 0 aliphatic carbocycles. The first kappa shape index (κ1) is 13.3. The maximum absolute atomic E-state index is 12.1. The van der Waals surface area contributed by atoms with E-state index in [1.165, 1.54) is 0 Å². The van der Waals surface area contributed by atoms with Gasteiger partial charge in [0, 0.05) is 18.9 Å². The van der Waals surface area contributed by atoms with Crippen molar-refractivity contribution in [1.82, 2.24) is 0 Å². The van der Waals surface area contributed by atoms with Crippen molar-refractivity contribution in [2.75, 3.05) is 17.9 Å². The monoisotopic (exact) mass is 271 g/mol. The molecule has 2 rings (SSSR count). The van der Waals surface area contributed by atoms with E-state index >= 15 is 0 Å². The van der Waals surface area contributed by atoms with Crippen LogP contribution >= 0.6 is 0 Å². The van der Waals surface area contributed by atoms with E-state index < -0.39 is 10.0 Å². The molecule has 5 nitrogen and oxygen atoms in total. The van der Waals surface area contributed by atoms with E-state index in [4.69, 9.17) is 9.84 Å². The van der Waals surface area contributed by atoms with Gasteiger partial charge in [0.1, 0.15) is 0 Å². The molecule has 18 heavy (non-hydrogen) atoms. The quantitative estimate of drug-likeness (QED) is 0.860. The van der Waals surface area contributed by atoms with Gasteiger partial charge in [-0.2, -0.15) is 0 Å². The predicted molar refractivity (Wildman–Crippen MR) is 68.7 cm³/mol. The smallest absolute Gasteiger partial charge is 0.235 e. The van der Waals surface area contributed by atoms with E-state index in [1.54, 1.807) is 24.3 Å². The van der Waals surface area contributed by atoms with Crippen molar-refractivity contribution >= 4 is 15.7 Å². The largest absolute Gasteiger partial charge is 0.392 e. The van der Waals surface area contributed by atoms with Crippen LogP contribution in [0.5, 0.6) is 0 Å². The second-order valence-corrected chi connectivity index (χ2v) is 6.27. The van der Waals surface area contributed by atoms with Crippen LogP contribution in [0.1, 0.15) is 18.4 Å². The van der Waals surface area contributed by atoms with Gasteiger partial charge < -0.3 is 9.84 Å². The van der Waals surface area contributed by atoms with Crippen LogP contribution in [0, 0.1) is 0 Å². The lowest BCUT2D eigenvalue weighted by Crippen LogP contribution is -2.33. The highest BCUT2D eigenvalue weighted by molar-refractivity contribution is 7.93. The number of nitrogens with one attached hydrogen (secondary N) is 1. The van der Waals surface area contributed by atoms with Gasteiger partial charge in [-0.05, 0) is 30.5 Å². The number of sulfonamides is 1. The summed E-state index contributed by atoms with van der Waals surface area (Å²) in [4.78, 5) is 0. The van der Waals surface area contributed by atoms with E-state index in [0.29, 0.717) is 31.7 Å². The number of benzene rings is 1. The molecule has 1 saturated heterocycles. The minimum absolute atomic E-state index is 0.0486. The maximum atomic E-state index is 12.1. The van der Waals surface area contributed by atoms with Crippen LogP contribution < -0.4 is 4.72 Å². The number of aliphatic hydroxyl groups is 1. The van der Waals surface area contributed by atoms with Crippen LogP contribution in [0.25, 0.3) is 0 Å². The fraction of sp³-hybridized carbons (Fsp3) is 0.500. The van der Waals surface area contributed by atoms with Crippen LogP contribution in [-0.4, -0.2) is 32.0 Å². The molecule has 0 saturated carbocycles. The molecule has 2 N–H and O–H groups in total. The van der Waals surface area contributed by atoms with Gasteiger partial charge in [0.2, 0.25) is 10.0 Å². The molecular formula is C12H17NO4S. The zero-order valence-electron chi connectivity index (χ0n) is 10.0. The lowest BCUT2D eigenvalue weighted by Gasteiger charge is -2.22. The Kier molecular flexibility index (Phi) is 4.21. The number of hydrogen-bond donors (Lipinski definition) is 2. The average molecular weight is 271 g/mol. The van der Waals surface area contributed by atoms with Crippen molar-refractivity contribution < 1.29 is 18.3 Å². The van der Waals surface area contributed by atoms with Crippen LogP contribution in [-0.2, 0) is 21.4 Å². The first-order valence-electron chi connectivity index (χ1n) is 5.91. The van der Waals surface area contributed by atoms with Crippen LogP contribution in [0.15, 0.2) is 24.3 Å². The molecule has 0 spiro atoms. The second kappa shape index (κ2) is 5.69. The molecule has 1 fully saturated rings. The predicted octanol–water partition coefficient (Wildman–Crippen LogP) is 1.10. The zero-order chi connectivity index (χ0) is 13.0. The highest BCUT2D eigenvalue weighted by Crippen LogP contribution is 2.19. The standard InChI is InChI=1S/C12H17NO4S/c14-9-10-1-3-11(4-2-10)13-18(15,16)12-5-7-17-8-6-12/h1-4,12-14H,5-9H2. The number of anilines is 1. The van der Waals surface area contributed by atoms with Crippen LogP contribution in [0.3, 0.4) is 0 Å². The van der Waals surface area contributed by atoms with E-state index in [2.05, 4.69) is 4.72 Å². The van der Waals surface area contributed by atoms with Gasteiger partial charge in [-0.15, -0.1) is 0 Å². The molecular weight excluding hydrogens is 254 g/mol. The van der Waals surface area contributed by atoms with Crippen molar-refractivity contribution in [3.8, 4) is 0 Å². The van der Waals surface area contributed by atoms with Gasteiger partial charge >= 0.3 is 0 Å². The van der Waals surface area contributed by atoms with Crippen LogP contribution in [0.2, 0.25) is 0 Å². The van der Waals surface area contributed by atoms with Crippen molar-refractivity contribution in [3.63, 3.8) is 0 Å². The Morgan fingerprint density at radius 2 is 1.83 bits per heavy atom. The van der Waals surface area contributed by atoms with Gasteiger partial charge in [0.05, 0.1) is 11.9 Å².